The Morgan fingerprint density at radius 1 is 1.00 bits per heavy atom. The lowest BCUT2D eigenvalue weighted by molar-refractivity contribution is -0.136. The van der Waals surface area contributed by atoms with Crippen molar-refractivity contribution in [3.8, 4) is 11.5 Å². The molecule has 0 aromatic heterocycles. The quantitative estimate of drug-likeness (QED) is 0.784. The summed E-state index contributed by atoms with van der Waals surface area (Å²) in [6.45, 7) is 0.439. The van der Waals surface area contributed by atoms with Crippen molar-refractivity contribution in [1.82, 2.24) is 0 Å². The second-order valence-corrected chi connectivity index (χ2v) is 6.73. The van der Waals surface area contributed by atoms with Crippen LogP contribution < -0.4 is 9.47 Å². The molecule has 1 aliphatic heterocycles. The van der Waals surface area contributed by atoms with E-state index in [0.29, 0.717) is 24.5 Å². The molecule has 26 heavy (non-hydrogen) atoms. The van der Waals surface area contributed by atoms with E-state index in [0.717, 1.165) is 29.6 Å². The van der Waals surface area contributed by atoms with Gasteiger partial charge in [-0.25, -0.2) is 4.79 Å². The van der Waals surface area contributed by atoms with E-state index in [1.165, 1.54) is 11.1 Å². The molecule has 134 valence electrons. The van der Waals surface area contributed by atoms with E-state index in [2.05, 4.69) is 30.3 Å². The summed E-state index contributed by atoms with van der Waals surface area (Å²) in [6, 6.07) is 14.5. The molecule has 2 aromatic carbocycles. The maximum Gasteiger partial charge on any atom is 0.334 e. The number of hydrogen-bond acceptors (Lipinski definition) is 4. The predicted octanol–water partition coefficient (Wildman–Crippen LogP) is 4.03. The molecule has 2 aromatic rings. The van der Waals surface area contributed by atoms with Gasteiger partial charge in [-0.3, -0.25) is 0 Å². The van der Waals surface area contributed by atoms with Crippen LogP contribution in [0.3, 0.4) is 0 Å². The van der Waals surface area contributed by atoms with Crippen LogP contribution in [0.2, 0.25) is 0 Å². The third kappa shape index (κ3) is 2.85. The molecule has 1 aliphatic carbocycles. The van der Waals surface area contributed by atoms with Gasteiger partial charge in [0.2, 0.25) is 0 Å². The summed E-state index contributed by atoms with van der Waals surface area (Å²) in [4.78, 5) is 12.3. The molecule has 2 aliphatic rings. The van der Waals surface area contributed by atoms with Gasteiger partial charge in [-0.05, 0) is 53.7 Å². The molecule has 0 N–H and O–H groups in total. The number of aryl methyl sites for hydroxylation is 1. The second-order valence-electron chi connectivity index (χ2n) is 6.73. The minimum absolute atomic E-state index is 0.0851. The van der Waals surface area contributed by atoms with E-state index in [-0.39, 0.29) is 11.9 Å². The molecule has 4 nitrogen and oxygen atoms in total. The first-order valence-corrected chi connectivity index (χ1v) is 8.89. The molecule has 1 atom stereocenters. The van der Waals surface area contributed by atoms with Crippen molar-refractivity contribution in [3.05, 3.63) is 70.3 Å². The number of benzene rings is 2. The highest BCUT2D eigenvalue weighted by molar-refractivity contribution is 5.92. The van der Waals surface area contributed by atoms with Crippen LogP contribution in [0, 0.1) is 0 Å². The molecular weight excluding hydrogens is 328 g/mol. The summed E-state index contributed by atoms with van der Waals surface area (Å²) >= 11 is 0. The van der Waals surface area contributed by atoms with Crippen LogP contribution in [0.5, 0.6) is 11.5 Å². The molecule has 0 unspecified atom stereocenters. The van der Waals surface area contributed by atoms with Gasteiger partial charge in [-0.15, -0.1) is 0 Å². The van der Waals surface area contributed by atoms with E-state index in [1.807, 2.05) is 12.1 Å². The monoisotopic (exact) mass is 350 g/mol. The first kappa shape index (κ1) is 16.7. The zero-order chi connectivity index (χ0) is 18.1. The molecule has 0 radical (unpaired) electrons. The molecule has 0 amide bonds. The Bertz CT molecular complexity index is 881. The Morgan fingerprint density at radius 3 is 2.62 bits per heavy atom. The van der Waals surface area contributed by atoms with Crippen LogP contribution in [-0.2, 0) is 16.0 Å². The fourth-order valence-corrected chi connectivity index (χ4v) is 3.99. The molecule has 4 heteroatoms. The van der Waals surface area contributed by atoms with Gasteiger partial charge < -0.3 is 14.2 Å². The number of cyclic esters (lactones) is 1. The van der Waals surface area contributed by atoms with Crippen molar-refractivity contribution in [1.29, 1.82) is 0 Å². The summed E-state index contributed by atoms with van der Waals surface area (Å²) in [5.41, 5.74) is 5.71. The van der Waals surface area contributed by atoms with Crippen molar-refractivity contribution < 1.29 is 19.0 Å². The van der Waals surface area contributed by atoms with E-state index in [1.54, 1.807) is 14.2 Å². The predicted molar refractivity (Wildman–Crippen MR) is 98.8 cm³/mol. The summed E-state index contributed by atoms with van der Waals surface area (Å²) in [5, 5.41) is 0. The summed E-state index contributed by atoms with van der Waals surface area (Å²) in [6.07, 6.45) is 2.47. The van der Waals surface area contributed by atoms with E-state index >= 15 is 0 Å². The van der Waals surface area contributed by atoms with Gasteiger partial charge >= 0.3 is 5.97 Å². The largest absolute Gasteiger partial charge is 0.493 e. The van der Waals surface area contributed by atoms with Gasteiger partial charge in [0.05, 0.1) is 14.2 Å². The van der Waals surface area contributed by atoms with Crippen molar-refractivity contribution in [3.63, 3.8) is 0 Å². The third-order valence-electron chi connectivity index (χ3n) is 5.40. The molecule has 0 fully saturated rings. The summed E-state index contributed by atoms with van der Waals surface area (Å²) in [7, 11) is 3.27. The zero-order valence-corrected chi connectivity index (χ0v) is 15.1. The number of ether oxygens (including phenoxy) is 3. The third-order valence-corrected chi connectivity index (χ3v) is 5.40. The SMILES string of the molecule is COc1ccc([C@H]2CC3=C(CCc4ccccc42)COC3=O)cc1OC. The van der Waals surface area contributed by atoms with E-state index in [9.17, 15) is 4.79 Å². The van der Waals surface area contributed by atoms with Crippen molar-refractivity contribution in [2.24, 2.45) is 0 Å². The second kappa shape index (κ2) is 6.87. The summed E-state index contributed by atoms with van der Waals surface area (Å²) in [5.74, 6) is 1.33. The maximum absolute atomic E-state index is 12.3. The highest BCUT2D eigenvalue weighted by Gasteiger charge is 2.31. The van der Waals surface area contributed by atoms with Crippen LogP contribution in [0.1, 0.15) is 35.4 Å². The van der Waals surface area contributed by atoms with Crippen LogP contribution >= 0.6 is 0 Å². The Hall–Kier alpha value is -2.75. The Kier molecular flexibility index (Phi) is 4.41. The van der Waals surface area contributed by atoms with Gasteiger partial charge in [0.15, 0.2) is 11.5 Å². The Balaban J connectivity index is 1.83. The van der Waals surface area contributed by atoms with Crippen molar-refractivity contribution in [2.45, 2.75) is 25.2 Å². The summed E-state index contributed by atoms with van der Waals surface area (Å²) < 4.78 is 16.2. The number of carbonyl (C=O) groups excluding carboxylic acids is 1. The fourth-order valence-electron chi connectivity index (χ4n) is 3.99. The van der Waals surface area contributed by atoms with Gasteiger partial charge in [0.1, 0.15) is 6.61 Å². The molecule has 0 saturated carbocycles. The average Bonchev–Trinajstić information content (AvgIpc) is 3.01. The normalized spacial score (nSPS) is 19.2. The van der Waals surface area contributed by atoms with Crippen LogP contribution in [0.15, 0.2) is 53.6 Å². The van der Waals surface area contributed by atoms with Crippen LogP contribution in [-0.4, -0.2) is 26.8 Å². The molecule has 0 spiro atoms. The lowest BCUT2D eigenvalue weighted by Gasteiger charge is -2.24. The lowest BCUT2D eigenvalue weighted by atomic mass is 9.79. The minimum atomic E-state index is -0.162. The molecule has 1 heterocycles. The number of rotatable bonds is 3. The first-order valence-electron chi connectivity index (χ1n) is 8.89. The average molecular weight is 350 g/mol. The van der Waals surface area contributed by atoms with Gasteiger partial charge in [-0.1, -0.05) is 30.3 Å². The fraction of sp³-hybridized carbons (Fsp3) is 0.318. The lowest BCUT2D eigenvalue weighted by Crippen LogP contribution is -2.12. The van der Waals surface area contributed by atoms with Gasteiger partial charge in [-0.2, -0.15) is 0 Å². The zero-order valence-electron chi connectivity index (χ0n) is 15.1. The molecule has 4 rings (SSSR count). The number of methoxy groups -OCH3 is 2. The first-order chi connectivity index (χ1) is 12.7. The standard InChI is InChI=1S/C22H22O4/c1-24-20-10-9-15(11-21(20)25-2)18-12-19-16(13-26-22(19)23)8-7-14-5-3-4-6-17(14)18/h3-6,9-11,18H,7-8,12-13H2,1-2H3/t18-/m1/s1. The van der Waals surface area contributed by atoms with Crippen LogP contribution in [0.25, 0.3) is 0 Å². The molecule has 0 saturated heterocycles. The van der Waals surface area contributed by atoms with Crippen LogP contribution in [0.4, 0.5) is 0 Å². The molecular formula is C22H22O4. The molecule has 0 bridgehead atoms. The van der Waals surface area contributed by atoms with E-state index in [4.69, 9.17) is 14.2 Å². The number of esters is 1. The highest BCUT2D eigenvalue weighted by Crippen LogP contribution is 2.41. The van der Waals surface area contributed by atoms with E-state index < -0.39 is 0 Å². The van der Waals surface area contributed by atoms with Crippen molar-refractivity contribution >= 4 is 5.97 Å². The number of fused-ring (bicyclic) bond motifs is 1. The van der Waals surface area contributed by atoms with Gasteiger partial charge in [0, 0.05) is 11.5 Å². The maximum atomic E-state index is 12.3. The Labute approximate surface area is 153 Å². The van der Waals surface area contributed by atoms with Gasteiger partial charge in [0.25, 0.3) is 0 Å². The highest BCUT2D eigenvalue weighted by atomic mass is 16.5. The number of hydrogen-bond donors (Lipinski definition) is 0. The minimum Gasteiger partial charge on any atom is -0.493 e. The van der Waals surface area contributed by atoms with Crippen molar-refractivity contribution in [2.75, 3.05) is 20.8 Å². The smallest absolute Gasteiger partial charge is 0.334 e. The Morgan fingerprint density at radius 2 is 1.81 bits per heavy atom. The number of carbonyl (C=O) groups is 1. The topological polar surface area (TPSA) is 44.8 Å².